The van der Waals surface area contributed by atoms with E-state index in [-0.39, 0.29) is 5.97 Å². The molecule has 0 aromatic heterocycles. The third-order valence-corrected chi connectivity index (χ3v) is 2.47. The summed E-state index contributed by atoms with van der Waals surface area (Å²) in [4.78, 5) is 13.0. The fourth-order valence-corrected chi connectivity index (χ4v) is 1.53. The van der Waals surface area contributed by atoms with Gasteiger partial charge in [0.05, 0.1) is 5.56 Å². The number of rotatable bonds is 5. The van der Waals surface area contributed by atoms with E-state index in [1.165, 1.54) is 6.92 Å². The SMILES string of the molecule is CC(=O)Oc1ccccc1C(=S)OCCN(C)C. The van der Waals surface area contributed by atoms with Crippen LogP contribution in [0.4, 0.5) is 0 Å². The smallest absolute Gasteiger partial charge is 0.308 e. The van der Waals surface area contributed by atoms with Crippen LogP contribution in [0, 0.1) is 0 Å². The number of ether oxygens (including phenoxy) is 2. The minimum absolute atomic E-state index is 0.341. The van der Waals surface area contributed by atoms with Gasteiger partial charge in [0.2, 0.25) is 0 Å². The Hall–Kier alpha value is -1.46. The van der Waals surface area contributed by atoms with Gasteiger partial charge in [-0.05, 0) is 38.4 Å². The highest BCUT2D eigenvalue weighted by Gasteiger charge is 2.11. The van der Waals surface area contributed by atoms with E-state index in [4.69, 9.17) is 21.7 Å². The summed E-state index contributed by atoms with van der Waals surface area (Å²) in [7, 11) is 3.92. The van der Waals surface area contributed by atoms with Gasteiger partial charge in [0.15, 0.2) is 5.05 Å². The Labute approximate surface area is 112 Å². The van der Waals surface area contributed by atoms with Crippen molar-refractivity contribution in [2.24, 2.45) is 0 Å². The predicted octanol–water partition coefficient (Wildman–Crippen LogP) is 1.87. The van der Waals surface area contributed by atoms with Crippen LogP contribution in [0.5, 0.6) is 5.75 Å². The van der Waals surface area contributed by atoms with E-state index in [9.17, 15) is 4.79 Å². The van der Waals surface area contributed by atoms with E-state index < -0.39 is 0 Å². The average Bonchev–Trinajstić information content (AvgIpc) is 2.28. The first-order valence-corrected chi connectivity index (χ1v) is 6.01. The maximum atomic E-state index is 11.0. The Bertz CT molecular complexity index is 432. The molecule has 0 bridgehead atoms. The molecule has 0 fully saturated rings. The second-order valence-corrected chi connectivity index (χ2v) is 4.40. The molecule has 1 aromatic carbocycles. The first-order chi connectivity index (χ1) is 8.50. The van der Waals surface area contributed by atoms with Crippen LogP contribution in [0.2, 0.25) is 0 Å². The molecule has 0 atom stereocenters. The molecule has 0 saturated heterocycles. The van der Waals surface area contributed by atoms with Crippen molar-refractivity contribution < 1.29 is 14.3 Å². The van der Waals surface area contributed by atoms with Crippen molar-refractivity contribution in [2.45, 2.75) is 6.92 Å². The highest BCUT2D eigenvalue weighted by Crippen LogP contribution is 2.19. The Balaban J connectivity index is 2.69. The number of carbonyl (C=O) groups is 1. The summed E-state index contributed by atoms with van der Waals surface area (Å²) in [5, 5.41) is 0.341. The molecule has 0 spiro atoms. The van der Waals surface area contributed by atoms with Gasteiger partial charge in [-0.2, -0.15) is 0 Å². The predicted molar refractivity (Wildman–Crippen MR) is 74.0 cm³/mol. The molecular weight excluding hydrogens is 250 g/mol. The highest BCUT2D eigenvalue weighted by atomic mass is 32.1. The van der Waals surface area contributed by atoms with E-state index in [0.29, 0.717) is 23.0 Å². The van der Waals surface area contributed by atoms with Gasteiger partial charge in [-0.1, -0.05) is 12.1 Å². The van der Waals surface area contributed by atoms with Crippen LogP contribution >= 0.6 is 12.2 Å². The summed E-state index contributed by atoms with van der Waals surface area (Å²) in [6.07, 6.45) is 0. The maximum Gasteiger partial charge on any atom is 0.308 e. The molecule has 0 heterocycles. The zero-order valence-electron chi connectivity index (χ0n) is 10.8. The molecule has 98 valence electrons. The maximum absolute atomic E-state index is 11.0. The van der Waals surface area contributed by atoms with Gasteiger partial charge in [-0.25, -0.2) is 0 Å². The number of benzene rings is 1. The lowest BCUT2D eigenvalue weighted by molar-refractivity contribution is -0.131. The molecule has 0 radical (unpaired) electrons. The van der Waals surface area contributed by atoms with Crippen molar-refractivity contribution in [3.05, 3.63) is 29.8 Å². The van der Waals surface area contributed by atoms with Gasteiger partial charge in [-0.15, -0.1) is 0 Å². The molecule has 5 heteroatoms. The number of carbonyl (C=O) groups excluding carboxylic acids is 1. The summed E-state index contributed by atoms with van der Waals surface area (Å²) >= 11 is 5.18. The summed E-state index contributed by atoms with van der Waals surface area (Å²) in [5.41, 5.74) is 0.626. The molecular formula is C13H17NO3S. The zero-order chi connectivity index (χ0) is 13.5. The highest BCUT2D eigenvalue weighted by molar-refractivity contribution is 7.80. The van der Waals surface area contributed by atoms with Crippen molar-refractivity contribution >= 4 is 23.2 Å². The number of para-hydroxylation sites is 1. The molecule has 0 aliphatic carbocycles. The summed E-state index contributed by atoms with van der Waals surface area (Å²) in [6, 6.07) is 7.07. The normalized spacial score (nSPS) is 10.2. The lowest BCUT2D eigenvalue weighted by atomic mass is 10.2. The fourth-order valence-electron chi connectivity index (χ4n) is 1.28. The van der Waals surface area contributed by atoms with Crippen LogP contribution in [0.25, 0.3) is 0 Å². The standard InChI is InChI=1S/C13H17NO3S/c1-10(15)17-12-7-5-4-6-11(12)13(18)16-9-8-14(2)3/h4-7H,8-9H2,1-3H3. The first-order valence-electron chi connectivity index (χ1n) is 5.60. The average molecular weight is 267 g/mol. The van der Waals surface area contributed by atoms with Crippen molar-refractivity contribution in [3.8, 4) is 5.75 Å². The molecule has 0 aliphatic heterocycles. The van der Waals surface area contributed by atoms with Crippen LogP contribution in [0.3, 0.4) is 0 Å². The number of hydrogen-bond donors (Lipinski definition) is 0. The monoisotopic (exact) mass is 267 g/mol. The molecule has 0 aliphatic rings. The van der Waals surface area contributed by atoms with Crippen molar-refractivity contribution in [3.63, 3.8) is 0 Å². The topological polar surface area (TPSA) is 38.8 Å². The van der Waals surface area contributed by atoms with E-state index in [0.717, 1.165) is 6.54 Å². The van der Waals surface area contributed by atoms with E-state index in [2.05, 4.69) is 0 Å². The minimum atomic E-state index is -0.376. The van der Waals surface area contributed by atoms with E-state index in [1.54, 1.807) is 18.2 Å². The van der Waals surface area contributed by atoms with Crippen molar-refractivity contribution in [1.82, 2.24) is 4.90 Å². The van der Waals surface area contributed by atoms with Crippen LogP contribution < -0.4 is 4.74 Å². The van der Waals surface area contributed by atoms with Gasteiger partial charge in [0, 0.05) is 13.5 Å². The third-order valence-electron chi connectivity index (χ3n) is 2.13. The lowest BCUT2D eigenvalue weighted by Crippen LogP contribution is -2.20. The molecule has 0 saturated carbocycles. The minimum Gasteiger partial charge on any atom is -0.481 e. The summed E-state index contributed by atoms with van der Waals surface area (Å²) < 4.78 is 10.5. The summed E-state index contributed by atoms with van der Waals surface area (Å²) in [5.74, 6) is 0.0541. The number of likely N-dealkylation sites (N-methyl/N-ethyl adjacent to an activating group) is 1. The fraction of sp³-hybridized carbons (Fsp3) is 0.385. The second-order valence-electron chi connectivity index (χ2n) is 4.03. The van der Waals surface area contributed by atoms with Gasteiger partial charge in [0.1, 0.15) is 12.4 Å². The number of nitrogens with zero attached hydrogens (tertiary/aromatic N) is 1. The van der Waals surface area contributed by atoms with Crippen LogP contribution in [-0.4, -0.2) is 43.2 Å². The van der Waals surface area contributed by atoms with Gasteiger partial charge < -0.3 is 14.4 Å². The molecule has 0 amide bonds. The quantitative estimate of drug-likeness (QED) is 0.462. The van der Waals surface area contributed by atoms with Crippen LogP contribution in [0.15, 0.2) is 24.3 Å². The summed E-state index contributed by atoms with van der Waals surface area (Å²) in [6.45, 7) is 2.63. The Morgan fingerprint density at radius 2 is 2.00 bits per heavy atom. The Morgan fingerprint density at radius 1 is 1.33 bits per heavy atom. The van der Waals surface area contributed by atoms with E-state index >= 15 is 0 Å². The van der Waals surface area contributed by atoms with Gasteiger partial charge in [0.25, 0.3) is 0 Å². The van der Waals surface area contributed by atoms with Crippen LogP contribution in [-0.2, 0) is 9.53 Å². The molecule has 4 nitrogen and oxygen atoms in total. The zero-order valence-corrected chi connectivity index (χ0v) is 11.6. The van der Waals surface area contributed by atoms with Crippen molar-refractivity contribution in [1.29, 1.82) is 0 Å². The molecule has 0 unspecified atom stereocenters. The second kappa shape index (κ2) is 7.08. The largest absolute Gasteiger partial charge is 0.481 e. The first kappa shape index (κ1) is 14.6. The van der Waals surface area contributed by atoms with Gasteiger partial charge >= 0.3 is 5.97 Å². The third kappa shape index (κ3) is 4.81. The molecule has 1 aromatic rings. The number of thiocarbonyl (C=S) groups is 1. The number of esters is 1. The van der Waals surface area contributed by atoms with Gasteiger partial charge in [-0.3, -0.25) is 4.79 Å². The Morgan fingerprint density at radius 3 is 2.61 bits per heavy atom. The Kier molecular flexibility index (Phi) is 5.74. The molecule has 1 rings (SSSR count). The van der Waals surface area contributed by atoms with E-state index in [1.807, 2.05) is 25.1 Å². The lowest BCUT2D eigenvalue weighted by Gasteiger charge is -2.13. The van der Waals surface area contributed by atoms with Crippen molar-refractivity contribution in [2.75, 3.05) is 27.2 Å². The van der Waals surface area contributed by atoms with Crippen LogP contribution in [0.1, 0.15) is 12.5 Å². The molecule has 18 heavy (non-hydrogen) atoms. The molecule has 0 N–H and O–H groups in total. The number of hydrogen-bond acceptors (Lipinski definition) is 5.